The molecule has 1 heterocycles. The van der Waals surface area contributed by atoms with Gasteiger partial charge in [0, 0.05) is 18.2 Å². The van der Waals surface area contributed by atoms with E-state index in [0.29, 0.717) is 28.9 Å². The number of nitrogens with two attached hydrogens (primary N) is 2. The van der Waals surface area contributed by atoms with Gasteiger partial charge in [-0.2, -0.15) is 0 Å². The monoisotopic (exact) mass is 327 g/mol. The van der Waals surface area contributed by atoms with E-state index >= 15 is 0 Å². The zero-order valence-electron chi connectivity index (χ0n) is 14.0. The summed E-state index contributed by atoms with van der Waals surface area (Å²) in [5, 5.41) is 3.51. The van der Waals surface area contributed by atoms with E-state index in [1.807, 2.05) is 24.3 Å². The van der Waals surface area contributed by atoms with Gasteiger partial charge in [-0.05, 0) is 50.1 Å². The third-order valence-corrected chi connectivity index (χ3v) is 4.34. The van der Waals surface area contributed by atoms with Crippen LogP contribution in [0.15, 0.2) is 42.5 Å². The number of benzene rings is 2. The number of hydrogen-bond donors (Lipinski definition) is 3. The Morgan fingerprint density at radius 3 is 2.58 bits per heavy atom. The van der Waals surface area contributed by atoms with Gasteiger partial charge < -0.3 is 26.3 Å². The van der Waals surface area contributed by atoms with E-state index in [0.717, 1.165) is 18.7 Å². The molecule has 0 amide bonds. The molecule has 2 aromatic carbocycles. The third kappa shape index (κ3) is 3.92. The lowest BCUT2D eigenvalue weighted by atomic mass is 10.1. The quantitative estimate of drug-likeness (QED) is 0.707. The minimum atomic E-state index is 0.176. The predicted molar refractivity (Wildman–Crippen MR) is 97.5 cm³/mol. The van der Waals surface area contributed by atoms with Crippen molar-refractivity contribution in [1.82, 2.24) is 5.32 Å². The molecule has 2 unspecified atom stereocenters. The Bertz CT molecular complexity index is 684. The van der Waals surface area contributed by atoms with Crippen molar-refractivity contribution in [2.24, 2.45) is 0 Å². The van der Waals surface area contributed by atoms with Gasteiger partial charge in [0.25, 0.3) is 0 Å². The second-order valence-corrected chi connectivity index (χ2v) is 6.14. The van der Waals surface area contributed by atoms with Crippen molar-refractivity contribution in [3.8, 4) is 17.2 Å². The van der Waals surface area contributed by atoms with Crippen molar-refractivity contribution in [3.05, 3.63) is 42.5 Å². The standard InChI is InChI=1S/C19H25N3O2/c1-2-19(18-7-4-10-22-18)24-14-6-3-5-13(11-14)23-15-8-9-16(20)17(21)12-15/h3,5-6,8-9,11-12,18-19,22H,2,4,7,10,20-21H2,1H3. The molecule has 24 heavy (non-hydrogen) atoms. The van der Waals surface area contributed by atoms with E-state index in [2.05, 4.69) is 12.2 Å². The van der Waals surface area contributed by atoms with Crippen molar-refractivity contribution in [1.29, 1.82) is 0 Å². The first-order chi connectivity index (χ1) is 11.7. The normalized spacial score (nSPS) is 18.3. The average molecular weight is 327 g/mol. The Hall–Kier alpha value is -2.40. The third-order valence-electron chi connectivity index (χ3n) is 4.34. The molecule has 1 fully saturated rings. The highest BCUT2D eigenvalue weighted by molar-refractivity contribution is 5.65. The summed E-state index contributed by atoms with van der Waals surface area (Å²) >= 11 is 0. The van der Waals surface area contributed by atoms with E-state index in [1.165, 1.54) is 12.8 Å². The molecule has 2 atom stereocenters. The van der Waals surface area contributed by atoms with Crippen LogP contribution in [0.1, 0.15) is 26.2 Å². The first kappa shape index (κ1) is 16.5. The number of ether oxygens (including phenoxy) is 2. The van der Waals surface area contributed by atoms with Crippen LogP contribution in [-0.4, -0.2) is 18.7 Å². The number of anilines is 2. The molecule has 0 aliphatic carbocycles. The van der Waals surface area contributed by atoms with Crippen molar-refractivity contribution in [2.75, 3.05) is 18.0 Å². The van der Waals surface area contributed by atoms with Crippen molar-refractivity contribution >= 4 is 11.4 Å². The Balaban J connectivity index is 1.70. The molecular weight excluding hydrogens is 302 g/mol. The van der Waals surface area contributed by atoms with E-state index in [4.69, 9.17) is 20.9 Å². The van der Waals surface area contributed by atoms with E-state index in [1.54, 1.807) is 18.2 Å². The second-order valence-electron chi connectivity index (χ2n) is 6.14. The summed E-state index contributed by atoms with van der Waals surface area (Å²) in [6.45, 7) is 3.23. The molecule has 0 aromatic heterocycles. The first-order valence-corrected chi connectivity index (χ1v) is 8.48. The Kier molecular flexibility index (Phi) is 5.11. The van der Waals surface area contributed by atoms with E-state index < -0.39 is 0 Å². The summed E-state index contributed by atoms with van der Waals surface area (Å²) in [4.78, 5) is 0. The largest absolute Gasteiger partial charge is 0.489 e. The number of rotatable bonds is 6. The van der Waals surface area contributed by atoms with Gasteiger partial charge in [-0.15, -0.1) is 0 Å². The van der Waals surface area contributed by atoms with Gasteiger partial charge >= 0.3 is 0 Å². The number of nitrogens with one attached hydrogen (secondary N) is 1. The minimum Gasteiger partial charge on any atom is -0.489 e. The highest BCUT2D eigenvalue weighted by Crippen LogP contribution is 2.29. The van der Waals surface area contributed by atoms with Gasteiger partial charge in [-0.1, -0.05) is 13.0 Å². The lowest BCUT2D eigenvalue weighted by Gasteiger charge is -2.24. The smallest absolute Gasteiger partial charge is 0.131 e. The van der Waals surface area contributed by atoms with Gasteiger partial charge in [0.1, 0.15) is 23.4 Å². The molecule has 0 saturated carbocycles. The van der Waals surface area contributed by atoms with Gasteiger partial charge in [0.15, 0.2) is 0 Å². The maximum atomic E-state index is 6.18. The summed E-state index contributed by atoms with van der Waals surface area (Å²) in [6, 6.07) is 13.4. The fourth-order valence-corrected chi connectivity index (χ4v) is 3.02. The van der Waals surface area contributed by atoms with Crippen LogP contribution in [0.25, 0.3) is 0 Å². The molecule has 3 rings (SSSR count). The summed E-state index contributed by atoms with van der Waals surface area (Å²) < 4.78 is 12.0. The van der Waals surface area contributed by atoms with Crippen LogP contribution in [0.3, 0.4) is 0 Å². The summed E-state index contributed by atoms with van der Waals surface area (Å²) in [6.07, 6.45) is 3.53. The van der Waals surface area contributed by atoms with Crippen LogP contribution in [-0.2, 0) is 0 Å². The first-order valence-electron chi connectivity index (χ1n) is 8.48. The van der Waals surface area contributed by atoms with Gasteiger partial charge in [-0.3, -0.25) is 0 Å². The number of nitrogen functional groups attached to an aromatic ring is 2. The fraction of sp³-hybridized carbons (Fsp3) is 0.368. The molecule has 2 aromatic rings. The second kappa shape index (κ2) is 7.45. The lowest BCUT2D eigenvalue weighted by Crippen LogP contribution is -2.38. The maximum Gasteiger partial charge on any atom is 0.131 e. The molecule has 1 aliphatic rings. The van der Waals surface area contributed by atoms with Crippen LogP contribution in [0.4, 0.5) is 11.4 Å². The van der Waals surface area contributed by atoms with Crippen LogP contribution >= 0.6 is 0 Å². The molecule has 5 N–H and O–H groups in total. The Morgan fingerprint density at radius 2 is 1.88 bits per heavy atom. The molecule has 0 radical (unpaired) electrons. The predicted octanol–water partition coefficient (Wildman–Crippen LogP) is 3.55. The molecule has 128 valence electrons. The fourth-order valence-electron chi connectivity index (χ4n) is 3.02. The molecule has 0 spiro atoms. The minimum absolute atomic E-state index is 0.176. The Morgan fingerprint density at radius 1 is 1.08 bits per heavy atom. The SMILES string of the molecule is CCC(Oc1cccc(Oc2ccc(N)c(N)c2)c1)C1CCCN1. The lowest BCUT2D eigenvalue weighted by molar-refractivity contribution is 0.157. The van der Waals surface area contributed by atoms with Crippen LogP contribution in [0, 0.1) is 0 Å². The molecule has 1 saturated heterocycles. The van der Waals surface area contributed by atoms with Crippen molar-refractivity contribution < 1.29 is 9.47 Å². The van der Waals surface area contributed by atoms with Crippen LogP contribution in [0.5, 0.6) is 17.2 Å². The summed E-state index contributed by atoms with van der Waals surface area (Å²) in [5.74, 6) is 2.19. The van der Waals surface area contributed by atoms with Gasteiger partial charge in [0.2, 0.25) is 0 Å². The molecule has 5 nitrogen and oxygen atoms in total. The topological polar surface area (TPSA) is 82.5 Å². The van der Waals surface area contributed by atoms with E-state index in [-0.39, 0.29) is 6.10 Å². The number of hydrogen-bond acceptors (Lipinski definition) is 5. The van der Waals surface area contributed by atoms with E-state index in [9.17, 15) is 0 Å². The average Bonchev–Trinajstić information content (AvgIpc) is 3.11. The van der Waals surface area contributed by atoms with Gasteiger partial charge in [0.05, 0.1) is 11.4 Å². The van der Waals surface area contributed by atoms with Crippen LogP contribution in [0.2, 0.25) is 0 Å². The summed E-state index contributed by atoms with van der Waals surface area (Å²) in [7, 11) is 0. The molecule has 0 bridgehead atoms. The van der Waals surface area contributed by atoms with Crippen molar-refractivity contribution in [3.63, 3.8) is 0 Å². The molecule has 1 aliphatic heterocycles. The summed E-state index contributed by atoms with van der Waals surface area (Å²) in [5.41, 5.74) is 12.6. The van der Waals surface area contributed by atoms with Gasteiger partial charge in [-0.25, -0.2) is 0 Å². The highest BCUT2D eigenvalue weighted by Gasteiger charge is 2.24. The van der Waals surface area contributed by atoms with Crippen molar-refractivity contribution in [2.45, 2.75) is 38.3 Å². The Labute approximate surface area is 142 Å². The zero-order valence-corrected chi connectivity index (χ0v) is 14.0. The maximum absolute atomic E-state index is 6.18. The zero-order chi connectivity index (χ0) is 16.9. The highest BCUT2D eigenvalue weighted by atomic mass is 16.5. The molecular formula is C19H25N3O2. The van der Waals surface area contributed by atoms with Crippen LogP contribution < -0.4 is 26.3 Å². The molecule has 5 heteroatoms.